The number of carboxylic acid groups (broad SMARTS) is 3. The first-order valence-electron chi connectivity index (χ1n) is 34.9. The molecule has 0 aromatic heterocycles. The van der Waals surface area contributed by atoms with E-state index >= 15 is 0 Å². The maximum Gasteiger partial charge on any atom is 0.481 e. The van der Waals surface area contributed by atoms with Crippen molar-refractivity contribution in [2.45, 2.75) is 251 Å². The fraction of sp³-hybridized carbons (Fsp3) is 0.945. The molecule has 0 aliphatic carbocycles. The number of hydrogen-bond acceptors (Lipinski definition) is 51. The van der Waals surface area contributed by atoms with E-state index in [-0.39, 0.29) is 0 Å². The number of nitrogens with two attached hydrogens (primary N) is 2. The number of carbonyl (C=O) groups is 3. The number of phosphoric acid groups is 4. The molecule has 0 saturated carbocycles. The van der Waals surface area contributed by atoms with E-state index in [0.717, 1.165) is 0 Å². The van der Waals surface area contributed by atoms with Crippen molar-refractivity contribution < 1.29 is 278 Å². The Kier molecular flexibility index (Phi) is 36.7. The highest BCUT2D eigenvalue weighted by Crippen LogP contribution is 2.62. The zero-order chi connectivity index (χ0) is 88.8. The normalized spacial score (nSPS) is 42.8. The number of aliphatic hydroxyl groups is 23. The minimum absolute atomic E-state index is 0.543. The Labute approximate surface area is 661 Å². The summed E-state index contributed by atoms with van der Waals surface area (Å²) in [4.78, 5) is 93.1. The van der Waals surface area contributed by atoms with Crippen LogP contribution in [0.1, 0.15) is 19.3 Å². The van der Waals surface area contributed by atoms with Gasteiger partial charge in [0.2, 0.25) is 0 Å². The van der Waals surface area contributed by atoms with E-state index in [0.29, 0.717) is 0 Å². The summed E-state index contributed by atoms with van der Waals surface area (Å²) in [7, 11) is -24.2. The van der Waals surface area contributed by atoms with Crippen LogP contribution in [0.2, 0.25) is 0 Å². The Bertz CT molecular complexity index is 3420. The van der Waals surface area contributed by atoms with Gasteiger partial charge in [-0.3, -0.25) is 22.6 Å². The molecule has 7 rings (SSSR count). The van der Waals surface area contributed by atoms with Crippen LogP contribution in [0.4, 0.5) is 0 Å². The highest BCUT2D eigenvalue weighted by molar-refractivity contribution is 7.61. The molecular weight excluding hydrogens is 1720 g/mol. The molecule has 59 nitrogen and oxygen atoms in total. The lowest BCUT2D eigenvalue weighted by molar-refractivity contribution is -0.403. The lowest BCUT2D eigenvalue weighted by Crippen LogP contribution is -2.70. The third-order valence-corrected chi connectivity index (χ3v) is 23.2. The highest BCUT2D eigenvalue weighted by Gasteiger charge is 2.66. The summed E-state index contributed by atoms with van der Waals surface area (Å²) in [5, 5.41) is 285. The second kappa shape index (κ2) is 42.3. The molecule has 3 unspecified atom stereocenters. The average molecular weight is 1820 g/mol. The van der Waals surface area contributed by atoms with Crippen molar-refractivity contribution in [3.63, 3.8) is 0 Å². The van der Waals surface area contributed by atoms with E-state index in [4.69, 9.17) is 86.6 Å². The smallest absolute Gasteiger partial charge is 0.477 e. The standard InChI is InChI=1S/C55H98N2O57P4/c56-1-3-98-116(90,91)111-24(12-62)41-27(71)21(106-54(51(82)83)5-15(63)25(69)37(109-54)17(65)9-59)7-55(110-41,52(84)85)107-22-6-53(86,50(80)81)108-40(18(66)10-60)42(22)104-49-34(78)31(75)44(113-118(94,95)114-117(92,93)99-4-2-57)38(103-49)19(67)13-97-47-35(79)43(105-48-33(77)28(72)26(70)23(11-61)100-48)45(112-115(87,88)89)39(102-47)20(68)14-96-46-32(76)29(73)30(74)36(101-46)16(64)8-58/h15-49,58-79,86H,1-14,56-57H2,(H,80,81)(H,82,83)(H,84,85)(H,90,91)(H,92,93)(H,94,95)(H2,87,88,89)/t15-,16+,17-,18-,19+,20+,21-,22-,23-,24-,25-,26-,27-,28+,29+,30+,31-,32+,33-,34+,35+,36-,37-,38-,39-,40-,41-,42-,43-,44+,45-,46+,47+,48-,49-,53-,54-,55-/m1/s1. The second-order valence-electron chi connectivity index (χ2n) is 27.4. The number of rotatable bonds is 42. The summed E-state index contributed by atoms with van der Waals surface area (Å²) in [6, 6.07) is 0. The molecule has 63 heteroatoms. The molecule has 0 radical (unpaired) electrons. The number of phosphoric ester groups is 4. The van der Waals surface area contributed by atoms with Crippen LogP contribution in [0.25, 0.3) is 0 Å². The van der Waals surface area contributed by atoms with Crippen molar-refractivity contribution in [2.24, 2.45) is 11.5 Å². The van der Waals surface area contributed by atoms with Gasteiger partial charge in [0.05, 0.1) is 77.8 Å². The van der Waals surface area contributed by atoms with E-state index in [1.165, 1.54) is 0 Å². The summed E-state index contributed by atoms with van der Waals surface area (Å²) in [5.41, 5.74) is 10.6. The number of aliphatic carboxylic acids is 3. The largest absolute Gasteiger partial charge is 0.481 e. The molecule has 118 heavy (non-hydrogen) atoms. The highest BCUT2D eigenvalue weighted by atomic mass is 31.3. The van der Waals surface area contributed by atoms with Gasteiger partial charge in [0.15, 0.2) is 25.2 Å². The maximum absolute atomic E-state index is 14.2. The molecule has 690 valence electrons. The van der Waals surface area contributed by atoms with Crippen molar-refractivity contribution in [1.29, 1.82) is 0 Å². The van der Waals surface area contributed by atoms with Gasteiger partial charge < -0.3 is 230 Å². The molecular formula is C55H98N2O57P4. The molecule has 7 saturated heterocycles. The van der Waals surface area contributed by atoms with E-state index in [9.17, 15) is 190 Å². The molecule has 7 fully saturated rings. The van der Waals surface area contributed by atoms with Crippen LogP contribution in [0, 0.1) is 0 Å². The lowest BCUT2D eigenvalue weighted by atomic mass is 9.88. The number of hydrogen-bond donors (Lipinski definition) is 33. The first kappa shape index (κ1) is 102. The molecule has 7 heterocycles. The molecule has 41 atom stereocenters. The second-order valence-corrected chi connectivity index (χ2v) is 33.0. The van der Waals surface area contributed by atoms with Crippen LogP contribution in [0.15, 0.2) is 0 Å². The van der Waals surface area contributed by atoms with Crippen molar-refractivity contribution >= 4 is 49.2 Å². The van der Waals surface area contributed by atoms with Crippen LogP contribution in [-0.4, -0.2) is 479 Å². The average Bonchev–Trinajstić information content (AvgIpc) is 0.738. The van der Waals surface area contributed by atoms with E-state index in [1.54, 1.807) is 0 Å². The van der Waals surface area contributed by atoms with Gasteiger partial charge in [-0.15, -0.1) is 0 Å². The zero-order valence-electron chi connectivity index (χ0n) is 60.5. The van der Waals surface area contributed by atoms with Gasteiger partial charge in [-0.25, -0.2) is 32.6 Å². The van der Waals surface area contributed by atoms with Gasteiger partial charge in [0.1, 0.15) is 171 Å². The van der Waals surface area contributed by atoms with Crippen LogP contribution in [-0.2, 0) is 121 Å². The Hall–Kier alpha value is -2.63. The number of carboxylic acids is 3. The van der Waals surface area contributed by atoms with Crippen molar-refractivity contribution in [2.75, 3.05) is 72.6 Å². The minimum Gasteiger partial charge on any atom is -0.477 e. The predicted molar refractivity (Wildman–Crippen MR) is 353 cm³/mol. The van der Waals surface area contributed by atoms with Crippen LogP contribution < -0.4 is 11.5 Å². The minimum atomic E-state index is -6.49. The summed E-state index contributed by atoms with van der Waals surface area (Å²) >= 11 is 0. The van der Waals surface area contributed by atoms with Crippen LogP contribution in [0.5, 0.6) is 0 Å². The predicted octanol–water partition coefficient (Wildman–Crippen LogP) is -18.2. The van der Waals surface area contributed by atoms with E-state index in [2.05, 4.69) is 13.4 Å². The van der Waals surface area contributed by atoms with Gasteiger partial charge in [0.25, 0.3) is 17.4 Å². The van der Waals surface area contributed by atoms with Gasteiger partial charge in [-0.2, -0.15) is 4.31 Å². The van der Waals surface area contributed by atoms with Crippen LogP contribution in [0.3, 0.4) is 0 Å². The van der Waals surface area contributed by atoms with Crippen LogP contribution >= 0.6 is 31.3 Å². The molecule has 7 aliphatic rings. The Morgan fingerprint density at radius 1 is 0.424 bits per heavy atom. The number of aliphatic hydroxyl groups excluding tert-OH is 22. The van der Waals surface area contributed by atoms with E-state index in [1.807, 2.05) is 0 Å². The monoisotopic (exact) mass is 1820 g/mol. The van der Waals surface area contributed by atoms with Crippen molar-refractivity contribution in [1.82, 2.24) is 0 Å². The molecule has 35 N–H and O–H groups in total. The molecule has 0 bridgehead atoms. The molecule has 0 spiro atoms. The molecule has 0 aromatic rings. The Morgan fingerprint density at radius 2 is 0.890 bits per heavy atom. The van der Waals surface area contributed by atoms with Crippen molar-refractivity contribution in [3.05, 3.63) is 0 Å². The van der Waals surface area contributed by atoms with Gasteiger partial charge >= 0.3 is 49.2 Å². The van der Waals surface area contributed by atoms with Gasteiger partial charge in [0, 0.05) is 32.4 Å². The summed E-state index contributed by atoms with van der Waals surface area (Å²) in [6.45, 7) is -13.3. The molecule has 7 aliphatic heterocycles. The Balaban J connectivity index is 1.34. The first-order valence-corrected chi connectivity index (χ1v) is 40.9. The first-order chi connectivity index (χ1) is 54.8. The SMILES string of the molecule is NCCOP(=O)(O)O[C@H](CO)[C@H]1O[C@@](O[C@@H]2C[C@](O)(C(=O)O)O[C@H]([C@H](O)CO)[C@@H]2O[C@H]2O[C@H]([C@@H](O)CO[C@H]3O[C@H]([C@@H](O)CO[C@H]4O[C@H]([C@@H](O)CO)[C@@H](O)[C@H](O)[C@@H]4O)[C@@H](OP(=O)(O)O)[C@H](O[C@H]4O[C@H](CO)[C@@H](O)[C@H](O)[C@H]4O)[C@@H]3O)[C@@H](OP(=O)(O)OP(=O)(O)OCCN)[C@H](O)[C@@H]2O)(C(=O)O)C[C@@H](O[C@]2(C(=O)O)C[C@@H](O)[C@@H](O)[C@@H]([C@H](O)CO)O2)[C@H]1O. The fourth-order valence-electron chi connectivity index (χ4n) is 13.2. The van der Waals surface area contributed by atoms with Gasteiger partial charge in [-0.1, -0.05) is 0 Å². The third-order valence-electron chi connectivity index (χ3n) is 19.0. The lowest BCUT2D eigenvalue weighted by Gasteiger charge is -2.52. The Morgan fingerprint density at radius 3 is 1.42 bits per heavy atom. The maximum atomic E-state index is 14.2. The third kappa shape index (κ3) is 24.4. The van der Waals surface area contributed by atoms with Crippen molar-refractivity contribution in [3.8, 4) is 0 Å². The zero-order valence-corrected chi connectivity index (χ0v) is 64.1. The summed E-state index contributed by atoms with van der Waals surface area (Å²) in [5.74, 6) is -19.1. The quantitative estimate of drug-likeness (QED) is 0.0252. The summed E-state index contributed by atoms with van der Waals surface area (Å²) in [6.07, 6.45) is -97.0. The molecule has 0 aromatic carbocycles. The fourth-order valence-corrected chi connectivity index (χ4v) is 16.9. The summed E-state index contributed by atoms with van der Waals surface area (Å²) < 4.78 is 154. The van der Waals surface area contributed by atoms with Gasteiger partial charge in [-0.05, 0) is 0 Å². The number of ether oxygens (including phenoxy) is 13. The van der Waals surface area contributed by atoms with E-state index < -0.39 is 373 Å². The topological polar surface area (TPSA) is 974 Å². The molecule has 0 amide bonds.